The molecule has 0 radical (unpaired) electrons. The molecule has 0 amide bonds. The van der Waals surface area contributed by atoms with Crippen LogP contribution in [0.1, 0.15) is 23.1 Å². The zero-order valence-corrected chi connectivity index (χ0v) is 9.63. The molecule has 1 atom stereocenters. The number of benzene rings is 1. The maximum atomic E-state index is 13.5. The minimum absolute atomic E-state index is 0.147. The van der Waals surface area contributed by atoms with Crippen LogP contribution in [0.15, 0.2) is 18.2 Å². The van der Waals surface area contributed by atoms with Gasteiger partial charge in [0.15, 0.2) is 5.82 Å². The van der Waals surface area contributed by atoms with E-state index in [2.05, 4.69) is 15.4 Å². The van der Waals surface area contributed by atoms with Crippen molar-refractivity contribution in [1.29, 1.82) is 0 Å². The Hall–Kier alpha value is -1.82. The number of tetrazole rings is 1. The molecule has 1 aromatic heterocycles. The summed E-state index contributed by atoms with van der Waals surface area (Å²) in [7, 11) is 1.64. The molecule has 1 heterocycles. The minimum Gasteiger partial charge on any atom is -0.388 e. The van der Waals surface area contributed by atoms with Gasteiger partial charge in [0.05, 0.1) is 13.2 Å². The molecule has 0 saturated heterocycles. The number of nitrogens with zero attached hydrogens (tertiary/aromatic N) is 4. The third-order valence-corrected chi connectivity index (χ3v) is 2.44. The second kappa shape index (κ2) is 4.58. The standard InChI is InChI=1S/C11H13FN4O/c1-7-3-4-9(12)8(5-7)10(17)6-11-13-15-16(2)14-11/h3-5,10,17H,6H2,1-2H3. The summed E-state index contributed by atoms with van der Waals surface area (Å²) >= 11 is 0. The Morgan fingerprint density at radius 1 is 1.47 bits per heavy atom. The van der Waals surface area contributed by atoms with Crippen molar-refractivity contribution in [2.75, 3.05) is 0 Å². The van der Waals surface area contributed by atoms with Crippen molar-refractivity contribution in [3.8, 4) is 0 Å². The van der Waals surface area contributed by atoms with E-state index in [0.717, 1.165) is 5.56 Å². The van der Waals surface area contributed by atoms with Crippen LogP contribution in [0.3, 0.4) is 0 Å². The lowest BCUT2D eigenvalue weighted by Gasteiger charge is -2.10. The molecule has 0 spiro atoms. The van der Waals surface area contributed by atoms with Gasteiger partial charge in [0, 0.05) is 12.0 Å². The summed E-state index contributed by atoms with van der Waals surface area (Å²) in [4.78, 5) is 1.30. The summed E-state index contributed by atoms with van der Waals surface area (Å²) in [6.07, 6.45) is -0.812. The zero-order valence-electron chi connectivity index (χ0n) is 9.63. The highest BCUT2D eigenvalue weighted by Crippen LogP contribution is 2.20. The normalized spacial score (nSPS) is 12.7. The molecule has 6 heteroatoms. The lowest BCUT2D eigenvalue weighted by Crippen LogP contribution is -2.06. The zero-order chi connectivity index (χ0) is 12.4. The average Bonchev–Trinajstić information content (AvgIpc) is 2.67. The highest BCUT2D eigenvalue weighted by atomic mass is 19.1. The fraction of sp³-hybridized carbons (Fsp3) is 0.364. The lowest BCUT2D eigenvalue weighted by molar-refractivity contribution is 0.171. The molecule has 0 aliphatic carbocycles. The van der Waals surface area contributed by atoms with Gasteiger partial charge < -0.3 is 5.11 Å². The molecular formula is C11H13FN4O. The van der Waals surface area contributed by atoms with E-state index in [1.54, 1.807) is 19.2 Å². The Labute approximate surface area is 97.9 Å². The highest BCUT2D eigenvalue weighted by molar-refractivity contribution is 5.26. The van der Waals surface area contributed by atoms with E-state index in [4.69, 9.17) is 0 Å². The first-order chi connectivity index (χ1) is 8.06. The van der Waals surface area contributed by atoms with Gasteiger partial charge in [-0.25, -0.2) is 4.39 Å². The predicted molar refractivity (Wildman–Crippen MR) is 58.6 cm³/mol. The Morgan fingerprint density at radius 2 is 2.24 bits per heavy atom. The van der Waals surface area contributed by atoms with Gasteiger partial charge in [-0.2, -0.15) is 4.80 Å². The first-order valence-corrected chi connectivity index (χ1v) is 5.23. The fourth-order valence-electron chi connectivity index (χ4n) is 1.61. The number of hydrogen-bond acceptors (Lipinski definition) is 4. The van der Waals surface area contributed by atoms with Crippen LogP contribution in [0, 0.1) is 12.7 Å². The molecule has 0 aliphatic heterocycles. The van der Waals surface area contributed by atoms with Gasteiger partial charge in [-0.15, -0.1) is 10.2 Å². The maximum Gasteiger partial charge on any atom is 0.177 e. The molecule has 1 unspecified atom stereocenters. The molecule has 2 rings (SSSR count). The van der Waals surface area contributed by atoms with E-state index in [1.807, 2.05) is 6.92 Å². The number of aliphatic hydroxyl groups is 1. The van der Waals surface area contributed by atoms with Crippen molar-refractivity contribution in [2.45, 2.75) is 19.4 Å². The van der Waals surface area contributed by atoms with E-state index in [9.17, 15) is 9.50 Å². The SMILES string of the molecule is Cc1ccc(F)c(C(O)Cc2nnn(C)n2)c1. The average molecular weight is 236 g/mol. The van der Waals surface area contributed by atoms with E-state index >= 15 is 0 Å². The fourth-order valence-corrected chi connectivity index (χ4v) is 1.61. The van der Waals surface area contributed by atoms with Gasteiger partial charge in [0.2, 0.25) is 0 Å². The Kier molecular flexibility index (Phi) is 3.14. The van der Waals surface area contributed by atoms with E-state index in [-0.39, 0.29) is 12.0 Å². The first kappa shape index (κ1) is 11.7. The summed E-state index contributed by atoms with van der Waals surface area (Å²) in [5.74, 6) is -0.0344. The largest absolute Gasteiger partial charge is 0.388 e. The van der Waals surface area contributed by atoms with Crippen molar-refractivity contribution < 1.29 is 9.50 Å². The van der Waals surface area contributed by atoms with Gasteiger partial charge in [-0.1, -0.05) is 17.7 Å². The Morgan fingerprint density at radius 3 is 2.88 bits per heavy atom. The van der Waals surface area contributed by atoms with Crippen molar-refractivity contribution in [2.24, 2.45) is 7.05 Å². The van der Waals surface area contributed by atoms with Gasteiger partial charge in [0.25, 0.3) is 0 Å². The van der Waals surface area contributed by atoms with Crippen LogP contribution in [-0.4, -0.2) is 25.3 Å². The van der Waals surface area contributed by atoms with Crippen LogP contribution >= 0.6 is 0 Å². The van der Waals surface area contributed by atoms with E-state index in [0.29, 0.717) is 5.82 Å². The molecule has 5 nitrogen and oxygen atoms in total. The van der Waals surface area contributed by atoms with Crippen LogP contribution in [0.5, 0.6) is 0 Å². The molecule has 2 aromatic rings. The lowest BCUT2D eigenvalue weighted by atomic mass is 10.0. The summed E-state index contributed by atoms with van der Waals surface area (Å²) < 4.78 is 13.5. The van der Waals surface area contributed by atoms with Gasteiger partial charge >= 0.3 is 0 Å². The molecule has 1 N–H and O–H groups in total. The van der Waals surface area contributed by atoms with Crippen LogP contribution in [0.25, 0.3) is 0 Å². The number of halogens is 1. The number of aliphatic hydroxyl groups excluding tert-OH is 1. The van der Waals surface area contributed by atoms with Gasteiger partial charge in [-0.05, 0) is 18.2 Å². The molecule has 1 aromatic carbocycles. The molecular weight excluding hydrogens is 223 g/mol. The quantitative estimate of drug-likeness (QED) is 0.861. The van der Waals surface area contributed by atoms with Crippen molar-refractivity contribution in [3.05, 3.63) is 41.0 Å². The summed E-state index contributed by atoms with van der Waals surface area (Å²) in [5, 5.41) is 21.3. The van der Waals surface area contributed by atoms with Crippen molar-refractivity contribution in [1.82, 2.24) is 20.2 Å². The number of rotatable bonds is 3. The van der Waals surface area contributed by atoms with Crippen LogP contribution in [-0.2, 0) is 13.5 Å². The second-order valence-corrected chi connectivity index (χ2v) is 3.94. The van der Waals surface area contributed by atoms with Crippen molar-refractivity contribution >= 4 is 0 Å². The molecule has 90 valence electrons. The molecule has 0 bridgehead atoms. The van der Waals surface area contributed by atoms with E-state index in [1.165, 1.54) is 10.9 Å². The molecule has 0 fully saturated rings. The Balaban J connectivity index is 2.19. The number of hydrogen-bond donors (Lipinski definition) is 1. The minimum atomic E-state index is -0.959. The molecule has 0 saturated carbocycles. The predicted octanol–water partition coefficient (Wildman–Crippen LogP) is 0.934. The number of aromatic nitrogens is 4. The number of aryl methyl sites for hydroxylation is 2. The smallest absolute Gasteiger partial charge is 0.177 e. The molecule has 0 aliphatic rings. The Bertz CT molecular complexity index is 526. The maximum absolute atomic E-state index is 13.5. The summed E-state index contributed by atoms with van der Waals surface area (Å²) in [5.41, 5.74) is 1.16. The van der Waals surface area contributed by atoms with Crippen LogP contribution in [0.4, 0.5) is 4.39 Å². The topological polar surface area (TPSA) is 63.8 Å². The monoisotopic (exact) mass is 236 g/mol. The van der Waals surface area contributed by atoms with Crippen LogP contribution in [0.2, 0.25) is 0 Å². The summed E-state index contributed by atoms with van der Waals surface area (Å²) in [6, 6.07) is 4.63. The highest BCUT2D eigenvalue weighted by Gasteiger charge is 2.16. The third kappa shape index (κ3) is 2.65. The first-order valence-electron chi connectivity index (χ1n) is 5.23. The van der Waals surface area contributed by atoms with Gasteiger partial charge in [0.1, 0.15) is 5.82 Å². The van der Waals surface area contributed by atoms with E-state index < -0.39 is 11.9 Å². The summed E-state index contributed by atoms with van der Waals surface area (Å²) in [6.45, 7) is 1.84. The molecule has 17 heavy (non-hydrogen) atoms. The van der Waals surface area contributed by atoms with Crippen molar-refractivity contribution in [3.63, 3.8) is 0 Å². The second-order valence-electron chi connectivity index (χ2n) is 3.94. The van der Waals surface area contributed by atoms with Gasteiger partial charge in [-0.3, -0.25) is 0 Å². The third-order valence-electron chi connectivity index (χ3n) is 2.44. The van der Waals surface area contributed by atoms with Crippen LogP contribution < -0.4 is 0 Å².